The van der Waals surface area contributed by atoms with Gasteiger partial charge in [-0.2, -0.15) is 4.31 Å². The second-order valence-electron chi connectivity index (χ2n) is 7.81. The largest absolute Gasteiger partial charge is 0.465 e. The number of anilines is 1. The lowest BCUT2D eigenvalue weighted by Crippen LogP contribution is -2.35. The summed E-state index contributed by atoms with van der Waals surface area (Å²) in [6.45, 7) is 1.55. The maximum Gasteiger partial charge on any atom is 0.342 e. The highest BCUT2D eigenvalue weighted by atomic mass is 32.2. The summed E-state index contributed by atoms with van der Waals surface area (Å²) in [7, 11) is -3.44. The van der Waals surface area contributed by atoms with E-state index >= 15 is 0 Å². The molecule has 0 unspecified atom stereocenters. The molecule has 0 radical (unpaired) electrons. The third-order valence-electron chi connectivity index (χ3n) is 5.46. The Balaban J connectivity index is 1.90. The minimum Gasteiger partial charge on any atom is -0.465 e. The highest BCUT2D eigenvalue weighted by Crippen LogP contribution is 2.33. The van der Waals surface area contributed by atoms with E-state index in [1.165, 1.54) is 37.5 Å². The van der Waals surface area contributed by atoms with Crippen molar-refractivity contribution in [2.24, 2.45) is 0 Å². The molecule has 11 heteroatoms. The number of amides is 1. The number of sulfonamides is 1. The summed E-state index contributed by atoms with van der Waals surface area (Å²) >= 11 is 0. The number of nitro benzene ring substituents is 1. The molecular formula is C26H20N2O8S. The van der Waals surface area contributed by atoms with Crippen LogP contribution >= 0.6 is 0 Å². The minimum absolute atomic E-state index is 0.0827. The zero-order valence-electron chi connectivity index (χ0n) is 19.7. The number of benzene rings is 3. The lowest BCUT2D eigenvalue weighted by atomic mass is 10.1. The maximum absolute atomic E-state index is 13.7. The van der Waals surface area contributed by atoms with Gasteiger partial charge in [-0.05, 0) is 42.8 Å². The zero-order valence-corrected chi connectivity index (χ0v) is 20.5. The lowest BCUT2D eigenvalue weighted by molar-refractivity contribution is -0.385. The maximum atomic E-state index is 13.7. The molecule has 0 N–H and O–H groups in total. The Bertz CT molecular complexity index is 1660. The molecule has 0 aliphatic carbocycles. The van der Waals surface area contributed by atoms with Gasteiger partial charge in [-0.25, -0.2) is 13.2 Å². The Morgan fingerprint density at radius 3 is 2.43 bits per heavy atom. The van der Waals surface area contributed by atoms with Crippen LogP contribution in [0.4, 0.5) is 11.4 Å². The van der Waals surface area contributed by atoms with Crippen molar-refractivity contribution in [3.05, 3.63) is 106 Å². The van der Waals surface area contributed by atoms with Crippen LogP contribution < -0.4 is 4.31 Å². The summed E-state index contributed by atoms with van der Waals surface area (Å²) in [5.74, 6) is -1.38. The van der Waals surface area contributed by atoms with Crippen LogP contribution in [0.3, 0.4) is 0 Å². The molecule has 1 amide bonds. The van der Waals surface area contributed by atoms with E-state index in [-0.39, 0.29) is 28.0 Å². The number of carbonyl (C=O) groups excluding carboxylic acids is 2. The molecule has 0 saturated heterocycles. The van der Waals surface area contributed by atoms with E-state index in [2.05, 4.69) is 0 Å². The van der Waals surface area contributed by atoms with Crippen LogP contribution in [0.15, 0.2) is 88.2 Å². The Labute approximate surface area is 211 Å². The number of nitro groups is 1. The van der Waals surface area contributed by atoms with Gasteiger partial charge < -0.3 is 9.15 Å². The van der Waals surface area contributed by atoms with E-state index in [1.807, 2.05) is 0 Å². The third kappa shape index (κ3) is 4.98. The number of hydrogen-bond acceptors (Lipinski definition) is 8. The molecule has 4 rings (SSSR count). The molecule has 0 atom stereocenters. The number of non-ortho nitro benzene ring substituents is 1. The van der Waals surface area contributed by atoms with Crippen LogP contribution in [-0.2, 0) is 19.6 Å². The van der Waals surface area contributed by atoms with E-state index in [0.29, 0.717) is 9.87 Å². The number of rotatable bonds is 7. The molecule has 10 nitrogen and oxygen atoms in total. The van der Waals surface area contributed by atoms with Gasteiger partial charge in [0.25, 0.3) is 21.6 Å². The number of nitrogens with zero attached hydrogens (tertiary/aromatic N) is 2. The molecule has 0 saturated carbocycles. The van der Waals surface area contributed by atoms with Gasteiger partial charge in [-0.3, -0.25) is 14.9 Å². The first-order chi connectivity index (χ1) is 17.6. The summed E-state index contributed by atoms with van der Waals surface area (Å²) < 4.78 is 38.4. The Morgan fingerprint density at radius 2 is 1.76 bits per heavy atom. The number of aryl methyl sites for hydroxylation is 1. The van der Waals surface area contributed by atoms with Crippen molar-refractivity contribution in [2.75, 3.05) is 11.4 Å². The molecule has 1 aromatic heterocycles. The van der Waals surface area contributed by atoms with Crippen LogP contribution in [0, 0.1) is 17.0 Å². The normalized spacial score (nSPS) is 11.5. The Hall–Kier alpha value is -4.77. The van der Waals surface area contributed by atoms with Crippen molar-refractivity contribution < 1.29 is 32.1 Å². The Kier molecular flexibility index (Phi) is 6.89. The number of ether oxygens (including phenoxy) is 1. The van der Waals surface area contributed by atoms with Crippen molar-refractivity contribution in [1.82, 2.24) is 0 Å². The fraction of sp³-hybridized carbons (Fsp3) is 0.0769. The SMILES string of the molecule is COC(=O)c1c(C)oc2ccc(N(C(=O)/C=C/c3ccccc3)S(=O)(=O)c3cccc([N+](=O)[O-])c3)cc12. The summed E-state index contributed by atoms with van der Waals surface area (Å²) in [6.07, 6.45) is 2.52. The summed E-state index contributed by atoms with van der Waals surface area (Å²) in [5.41, 5.74) is 0.452. The van der Waals surface area contributed by atoms with Crippen molar-refractivity contribution in [3.63, 3.8) is 0 Å². The summed E-state index contributed by atoms with van der Waals surface area (Å²) in [4.78, 5) is 35.8. The average molecular weight is 521 g/mol. The van der Waals surface area contributed by atoms with Gasteiger partial charge in [-0.15, -0.1) is 0 Å². The van der Waals surface area contributed by atoms with Gasteiger partial charge in [0, 0.05) is 23.6 Å². The molecule has 4 aromatic rings. The molecule has 188 valence electrons. The van der Waals surface area contributed by atoms with E-state index in [1.54, 1.807) is 37.3 Å². The fourth-order valence-electron chi connectivity index (χ4n) is 3.74. The smallest absolute Gasteiger partial charge is 0.342 e. The quantitative estimate of drug-likeness (QED) is 0.146. The van der Waals surface area contributed by atoms with Crippen LogP contribution in [0.1, 0.15) is 21.7 Å². The van der Waals surface area contributed by atoms with E-state index in [4.69, 9.17) is 9.15 Å². The second-order valence-corrected chi connectivity index (χ2v) is 9.60. The topological polar surface area (TPSA) is 137 Å². The predicted octanol–water partition coefficient (Wildman–Crippen LogP) is 4.87. The third-order valence-corrected chi connectivity index (χ3v) is 7.18. The average Bonchev–Trinajstić information content (AvgIpc) is 3.22. The van der Waals surface area contributed by atoms with Crippen molar-refractivity contribution in [2.45, 2.75) is 11.8 Å². The first-order valence-corrected chi connectivity index (χ1v) is 12.3. The molecular weight excluding hydrogens is 500 g/mol. The van der Waals surface area contributed by atoms with Gasteiger partial charge in [0.2, 0.25) is 0 Å². The minimum atomic E-state index is -4.63. The van der Waals surface area contributed by atoms with Gasteiger partial charge in [0.15, 0.2) is 0 Å². The lowest BCUT2D eigenvalue weighted by Gasteiger charge is -2.21. The van der Waals surface area contributed by atoms with Crippen molar-refractivity contribution in [1.29, 1.82) is 0 Å². The number of esters is 1. The standard InChI is InChI=1S/C26H20N2O8S/c1-17-25(26(30)35-2)22-16-19(12-13-23(22)36-17)27(24(29)14-11-18-7-4-3-5-8-18)37(33,34)21-10-6-9-20(15-21)28(31)32/h3-16H,1-2H3/b14-11+. The highest BCUT2D eigenvalue weighted by molar-refractivity contribution is 7.93. The fourth-order valence-corrected chi connectivity index (χ4v) is 5.16. The summed E-state index contributed by atoms with van der Waals surface area (Å²) in [5, 5.41) is 11.5. The molecule has 0 spiro atoms. The molecule has 0 fully saturated rings. The van der Waals surface area contributed by atoms with Crippen LogP contribution in [0.5, 0.6) is 0 Å². The van der Waals surface area contributed by atoms with Gasteiger partial charge in [-0.1, -0.05) is 36.4 Å². The molecule has 3 aromatic carbocycles. The van der Waals surface area contributed by atoms with Crippen molar-refractivity contribution >= 4 is 50.3 Å². The number of hydrogen-bond donors (Lipinski definition) is 0. The Morgan fingerprint density at radius 1 is 1.03 bits per heavy atom. The first-order valence-electron chi connectivity index (χ1n) is 10.8. The molecule has 0 aliphatic rings. The number of carbonyl (C=O) groups is 2. The van der Waals surface area contributed by atoms with Gasteiger partial charge in [0.1, 0.15) is 16.9 Å². The second kappa shape index (κ2) is 10.1. The van der Waals surface area contributed by atoms with E-state index in [9.17, 15) is 28.1 Å². The number of furan rings is 1. The first kappa shape index (κ1) is 25.3. The van der Waals surface area contributed by atoms with Crippen LogP contribution in [0.2, 0.25) is 0 Å². The van der Waals surface area contributed by atoms with E-state index < -0.39 is 37.4 Å². The predicted molar refractivity (Wildman–Crippen MR) is 136 cm³/mol. The molecule has 1 heterocycles. The number of methoxy groups -OCH3 is 1. The monoisotopic (exact) mass is 520 g/mol. The van der Waals surface area contributed by atoms with Gasteiger partial charge in [0.05, 0.1) is 22.6 Å². The van der Waals surface area contributed by atoms with Crippen molar-refractivity contribution in [3.8, 4) is 0 Å². The van der Waals surface area contributed by atoms with Crippen LogP contribution in [0.25, 0.3) is 17.0 Å². The molecule has 0 bridgehead atoms. The van der Waals surface area contributed by atoms with Crippen LogP contribution in [-0.4, -0.2) is 32.3 Å². The van der Waals surface area contributed by atoms with Gasteiger partial charge >= 0.3 is 5.97 Å². The zero-order chi connectivity index (χ0) is 26.7. The molecule has 0 aliphatic heterocycles. The highest BCUT2D eigenvalue weighted by Gasteiger charge is 2.32. The summed E-state index contributed by atoms with van der Waals surface area (Å²) in [6, 6.07) is 17.2. The molecule has 37 heavy (non-hydrogen) atoms. The van der Waals surface area contributed by atoms with E-state index in [0.717, 1.165) is 24.3 Å². The number of fused-ring (bicyclic) bond motifs is 1.